The van der Waals surface area contributed by atoms with Crippen molar-refractivity contribution in [3.05, 3.63) is 29.7 Å². The molecular formula is C15H19NO5S. The number of sulfone groups is 1. The van der Waals surface area contributed by atoms with Gasteiger partial charge in [-0.3, -0.25) is 4.79 Å². The zero-order chi connectivity index (χ0) is 16.3. The highest BCUT2D eigenvalue weighted by atomic mass is 32.2. The number of hydrogen-bond donors (Lipinski definition) is 0. The topological polar surface area (TPSA) is 72.9 Å². The zero-order valence-corrected chi connectivity index (χ0v) is 13.6. The lowest BCUT2D eigenvalue weighted by atomic mass is 10.1. The predicted octanol–water partition coefficient (Wildman–Crippen LogP) is 1.76. The molecule has 0 bridgehead atoms. The highest BCUT2D eigenvalue weighted by Crippen LogP contribution is 2.35. The molecule has 0 radical (unpaired) electrons. The van der Waals surface area contributed by atoms with Gasteiger partial charge in [0, 0.05) is 17.9 Å². The van der Waals surface area contributed by atoms with E-state index in [9.17, 15) is 13.2 Å². The van der Waals surface area contributed by atoms with Crippen molar-refractivity contribution in [2.45, 2.75) is 19.4 Å². The Hall–Kier alpha value is -2.02. The molecule has 1 amide bonds. The van der Waals surface area contributed by atoms with Crippen LogP contribution in [0.15, 0.2) is 29.7 Å². The Labute approximate surface area is 130 Å². The van der Waals surface area contributed by atoms with Crippen LogP contribution in [0.4, 0.5) is 5.69 Å². The molecule has 0 spiro atoms. The average molecular weight is 325 g/mol. The molecule has 1 aromatic carbocycles. The van der Waals surface area contributed by atoms with Gasteiger partial charge >= 0.3 is 0 Å². The molecule has 1 aliphatic heterocycles. The summed E-state index contributed by atoms with van der Waals surface area (Å²) in [4.78, 5) is 13.8. The van der Waals surface area contributed by atoms with Crippen molar-refractivity contribution in [2.75, 3.05) is 24.9 Å². The minimum absolute atomic E-state index is 0.117. The molecule has 1 aliphatic rings. The summed E-state index contributed by atoms with van der Waals surface area (Å²) in [6.07, 6.45) is 1.80. The highest BCUT2D eigenvalue weighted by Gasteiger charge is 2.32. The largest absolute Gasteiger partial charge is 0.497 e. The number of rotatable bonds is 5. The lowest BCUT2D eigenvalue weighted by Crippen LogP contribution is -2.41. The van der Waals surface area contributed by atoms with Crippen LogP contribution in [-0.2, 0) is 14.6 Å². The number of amides is 1. The maximum absolute atomic E-state index is 12.3. The molecule has 0 saturated heterocycles. The third-order valence-corrected chi connectivity index (χ3v) is 4.84. The molecular weight excluding hydrogens is 306 g/mol. The van der Waals surface area contributed by atoms with Crippen molar-refractivity contribution < 1.29 is 22.7 Å². The van der Waals surface area contributed by atoms with E-state index in [2.05, 4.69) is 0 Å². The van der Waals surface area contributed by atoms with Crippen LogP contribution in [0.5, 0.6) is 11.5 Å². The minimum atomic E-state index is -3.26. The molecule has 7 heteroatoms. The van der Waals surface area contributed by atoms with E-state index in [0.717, 1.165) is 5.41 Å². The van der Waals surface area contributed by atoms with Crippen LogP contribution in [0.3, 0.4) is 0 Å². The van der Waals surface area contributed by atoms with Gasteiger partial charge in [0.15, 0.2) is 9.84 Å². The first-order valence-electron chi connectivity index (χ1n) is 6.87. The minimum Gasteiger partial charge on any atom is -0.497 e. The van der Waals surface area contributed by atoms with Gasteiger partial charge in [-0.1, -0.05) is 6.92 Å². The molecule has 0 aromatic heterocycles. The van der Waals surface area contributed by atoms with Gasteiger partial charge in [-0.05, 0) is 18.2 Å². The van der Waals surface area contributed by atoms with Crippen LogP contribution >= 0.6 is 0 Å². The number of anilines is 1. The summed E-state index contributed by atoms with van der Waals surface area (Å²) in [7, 11) is -0.231. The van der Waals surface area contributed by atoms with Gasteiger partial charge in [0.25, 0.3) is 0 Å². The Kier molecular flexibility index (Phi) is 4.75. The van der Waals surface area contributed by atoms with Gasteiger partial charge in [-0.25, -0.2) is 8.42 Å². The van der Waals surface area contributed by atoms with Crippen LogP contribution in [0, 0.1) is 0 Å². The van der Waals surface area contributed by atoms with Crippen LogP contribution in [0.2, 0.25) is 0 Å². The number of methoxy groups -OCH3 is 2. The summed E-state index contributed by atoms with van der Waals surface area (Å²) < 4.78 is 33.8. The summed E-state index contributed by atoms with van der Waals surface area (Å²) in [6.45, 7) is 1.73. The van der Waals surface area contributed by atoms with E-state index >= 15 is 0 Å². The molecule has 0 aliphatic carbocycles. The molecule has 0 N–H and O–H groups in total. The second-order valence-corrected chi connectivity index (χ2v) is 6.81. The Morgan fingerprint density at radius 1 is 1.32 bits per heavy atom. The summed E-state index contributed by atoms with van der Waals surface area (Å²) in [5.74, 6) is 0.765. The standard InChI is InChI=1S/C15H19NO5S/c1-4-15(17)16(11-7-8-22(18,19)10-11)13-6-5-12(20-2)9-14(13)21-3/h5-9,11H,4,10H2,1-3H3/t11-/m0/s1. The molecule has 1 atom stereocenters. The molecule has 1 heterocycles. The zero-order valence-electron chi connectivity index (χ0n) is 12.8. The van der Waals surface area contributed by atoms with E-state index in [4.69, 9.17) is 9.47 Å². The van der Waals surface area contributed by atoms with Gasteiger partial charge in [0.2, 0.25) is 5.91 Å². The first kappa shape index (κ1) is 16.4. The molecule has 6 nitrogen and oxygen atoms in total. The van der Waals surface area contributed by atoms with E-state index in [1.54, 1.807) is 25.1 Å². The van der Waals surface area contributed by atoms with Gasteiger partial charge < -0.3 is 14.4 Å². The number of carbonyl (C=O) groups is 1. The van der Waals surface area contributed by atoms with E-state index in [-0.39, 0.29) is 18.1 Å². The molecule has 0 saturated carbocycles. The van der Waals surface area contributed by atoms with Crippen LogP contribution < -0.4 is 14.4 Å². The van der Waals surface area contributed by atoms with Crippen LogP contribution in [0.1, 0.15) is 13.3 Å². The maximum Gasteiger partial charge on any atom is 0.227 e. The quantitative estimate of drug-likeness (QED) is 0.825. The molecule has 0 fully saturated rings. The van der Waals surface area contributed by atoms with Crippen molar-refractivity contribution in [3.8, 4) is 11.5 Å². The second-order valence-electron chi connectivity index (χ2n) is 4.88. The highest BCUT2D eigenvalue weighted by molar-refractivity contribution is 7.94. The Balaban J connectivity index is 2.47. The molecule has 1 aromatic rings. The van der Waals surface area contributed by atoms with Crippen molar-refractivity contribution in [1.82, 2.24) is 0 Å². The number of nitrogens with zero attached hydrogens (tertiary/aromatic N) is 1. The monoisotopic (exact) mass is 325 g/mol. The third-order valence-electron chi connectivity index (χ3n) is 3.46. The van der Waals surface area contributed by atoms with E-state index in [0.29, 0.717) is 17.2 Å². The third kappa shape index (κ3) is 3.24. The fraction of sp³-hybridized carbons (Fsp3) is 0.400. The second kappa shape index (κ2) is 6.39. The molecule has 2 rings (SSSR count). The lowest BCUT2D eigenvalue weighted by Gasteiger charge is -2.28. The number of benzene rings is 1. The van der Waals surface area contributed by atoms with Crippen molar-refractivity contribution in [3.63, 3.8) is 0 Å². The van der Waals surface area contributed by atoms with Gasteiger partial charge in [-0.2, -0.15) is 0 Å². The van der Waals surface area contributed by atoms with E-state index in [1.807, 2.05) is 0 Å². The first-order chi connectivity index (χ1) is 10.4. The Morgan fingerprint density at radius 2 is 2.05 bits per heavy atom. The van der Waals surface area contributed by atoms with Crippen molar-refractivity contribution in [1.29, 1.82) is 0 Å². The van der Waals surface area contributed by atoms with E-state index in [1.165, 1.54) is 25.2 Å². The summed E-state index contributed by atoms with van der Waals surface area (Å²) >= 11 is 0. The molecule has 22 heavy (non-hydrogen) atoms. The number of ether oxygens (including phenoxy) is 2. The van der Waals surface area contributed by atoms with Crippen molar-refractivity contribution >= 4 is 21.4 Å². The van der Waals surface area contributed by atoms with Gasteiger partial charge in [0.1, 0.15) is 11.5 Å². The van der Waals surface area contributed by atoms with E-state index < -0.39 is 15.9 Å². The smallest absolute Gasteiger partial charge is 0.227 e. The summed E-state index contributed by atoms with van der Waals surface area (Å²) in [6, 6.07) is 4.54. The maximum atomic E-state index is 12.3. The summed E-state index contributed by atoms with van der Waals surface area (Å²) in [5.41, 5.74) is 0.530. The van der Waals surface area contributed by atoms with Gasteiger partial charge in [0.05, 0.1) is 31.7 Å². The number of carbonyl (C=O) groups excluding carboxylic acids is 1. The first-order valence-corrected chi connectivity index (χ1v) is 8.58. The van der Waals surface area contributed by atoms with Crippen molar-refractivity contribution in [2.24, 2.45) is 0 Å². The summed E-state index contributed by atoms with van der Waals surface area (Å²) in [5, 5.41) is 1.16. The average Bonchev–Trinajstić information content (AvgIpc) is 2.87. The Morgan fingerprint density at radius 3 is 2.55 bits per heavy atom. The number of hydrogen-bond acceptors (Lipinski definition) is 5. The molecule has 0 unspecified atom stereocenters. The van der Waals surface area contributed by atoms with Gasteiger partial charge in [-0.15, -0.1) is 0 Å². The SMILES string of the molecule is CCC(=O)N(c1ccc(OC)cc1OC)[C@H]1C=CS(=O)(=O)C1. The fourth-order valence-corrected chi connectivity index (χ4v) is 3.64. The normalized spacial score (nSPS) is 19.0. The Bertz CT molecular complexity index is 696. The predicted molar refractivity (Wildman–Crippen MR) is 84.0 cm³/mol. The lowest BCUT2D eigenvalue weighted by molar-refractivity contribution is -0.118. The van der Waals surface area contributed by atoms with Crippen LogP contribution in [0.25, 0.3) is 0 Å². The molecule has 120 valence electrons. The van der Waals surface area contributed by atoms with Crippen LogP contribution in [-0.4, -0.2) is 40.3 Å². The fourth-order valence-electron chi connectivity index (χ4n) is 2.37.